The zero-order chi connectivity index (χ0) is 18.3. The van der Waals surface area contributed by atoms with Crippen molar-refractivity contribution in [2.24, 2.45) is 11.8 Å². The second kappa shape index (κ2) is 9.20. The monoisotopic (exact) mass is 347 g/mol. The Labute approximate surface area is 151 Å². The number of rotatable bonds is 7. The maximum atomic E-state index is 12.1. The molecular formula is C20H33N3O2. The third kappa shape index (κ3) is 6.01. The van der Waals surface area contributed by atoms with E-state index >= 15 is 0 Å². The molecule has 1 aliphatic rings. The van der Waals surface area contributed by atoms with Crippen molar-refractivity contribution in [3.63, 3.8) is 0 Å². The molecule has 1 saturated heterocycles. The van der Waals surface area contributed by atoms with Crippen LogP contribution in [0.5, 0.6) is 0 Å². The third-order valence-corrected chi connectivity index (χ3v) is 5.51. The number of amides is 2. The minimum Gasteiger partial charge on any atom is -0.394 e. The highest BCUT2D eigenvalue weighted by atomic mass is 16.3. The van der Waals surface area contributed by atoms with Gasteiger partial charge >= 0.3 is 6.03 Å². The van der Waals surface area contributed by atoms with Crippen LogP contribution in [-0.4, -0.2) is 47.8 Å². The standard InChI is InChI=1S/C20H33N3O2/c1-16(2)20(3,15-24)22-19(25)21-13-17-9-11-23(12-10-17)14-18-7-5-4-6-8-18/h4-8,16-17,24H,9-15H2,1-3H3,(H2,21,22,25). The molecule has 1 aromatic carbocycles. The minimum absolute atomic E-state index is 0.0596. The summed E-state index contributed by atoms with van der Waals surface area (Å²) in [5, 5.41) is 15.4. The number of hydrogen-bond acceptors (Lipinski definition) is 3. The van der Waals surface area contributed by atoms with Gasteiger partial charge in [0.2, 0.25) is 0 Å². The van der Waals surface area contributed by atoms with Crippen LogP contribution in [-0.2, 0) is 6.54 Å². The molecule has 0 radical (unpaired) electrons. The van der Waals surface area contributed by atoms with Crippen LogP contribution in [0.3, 0.4) is 0 Å². The molecule has 2 rings (SSSR count). The van der Waals surface area contributed by atoms with Gasteiger partial charge in [0.15, 0.2) is 0 Å². The number of hydrogen-bond donors (Lipinski definition) is 3. The van der Waals surface area contributed by atoms with Gasteiger partial charge in [-0.3, -0.25) is 4.90 Å². The van der Waals surface area contributed by atoms with Crippen LogP contribution in [0.15, 0.2) is 30.3 Å². The predicted molar refractivity (Wildman–Crippen MR) is 101 cm³/mol. The summed E-state index contributed by atoms with van der Waals surface area (Å²) in [6.07, 6.45) is 2.21. The average Bonchev–Trinajstić information content (AvgIpc) is 2.61. The second-order valence-corrected chi connectivity index (χ2v) is 7.77. The van der Waals surface area contributed by atoms with E-state index in [1.54, 1.807) is 0 Å². The SMILES string of the molecule is CC(C)C(C)(CO)NC(=O)NCC1CCN(Cc2ccccc2)CC1. The van der Waals surface area contributed by atoms with Gasteiger partial charge in [-0.05, 0) is 50.3 Å². The first-order valence-electron chi connectivity index (χ1n) is 9.36. The van der Waals surface area contributed by atoms with Crippen molar-refractivity contribution in [1.29, 1.82) is 0 Å². The summed E-state index contributed by atoms with van der Waals surface area (Å²) in [6, 6.07) is 10.4. The molecule has 0 saturated carbocycles. The fourth-order valence-corrected chi connectivity index (χ4v) is 3.10. The smallest absolute Gasteiger partial charge is 0.315 e. The van der Waals surface area contributed by atoms with Crippen molar-refractivity contribution in [2.45, 2.75) is 45.7 Å². The van der Waals surface area contributed by atoms with Gasteiger partial charge in [0.1, 0.15) is 0 Å². The maximum absolute atomic E-state index is 12.1. The van der Waals surface area contributed by atoms with E-state index in [-0.39, 0.29) is 18.6 Å². The molecule has 1 fully saturated rings. The Kier molecular flexibility index (Phi) is 7.26. The summed E-state index contributed by atoms with van der Waals surface area (Å²) >= 11 is 0. The summed E-state index contributed by atoms with van der Waals surface area (Å²) in [5.74, 6) is 0.696. The van der Waals surface area contributed by atoms with E-state index in [1.165, 1.54) is 5.56 Å². The van der Waals surface area contributed by atoms with Crippen LogP contribution < -0.4 is 10.6 Å². The molecule has 1 unspecified atom stereocenters. The van der Waals surface area contributed by atoms with E-state index < -0.39 is 5.54 Å². The van der Waals surface area contributed by atoms with Crippen LogP contribution in [0.2, 0.25) is 0 Å². The van der Waals surface area contributed by atoms with Crippen LogP contribution in [0.4, 0.5) is 4.79 Å². The first-order chi connectivity index (χ1) is 11.9. The molecule has 0 bridgehead atoms. The van der Waals surface area contributed by atoms with E-state index in [9.17, 15) is 9.90 Å². The third-order valence-electron chi connectivity index (χ3n) is 5.51. The zero-order valence-corrected chi connectivity index (χ0v) is 15.8. The van der Waals surface area contributed by atoms with Gasteiger partial charge in [-0.15, -0.1) is 0 Å². The molecular weight excluding hydrogens is 314 g/mol. The largest absolute Gasteiger partial charge is 0.394 e. The van der Waals surface area contributed by atoms with Gasteiger partial charge in [0.05, 0.1) is 12.1 Å². The number of aliphatic hydroxyl groups excluding tert-OH is 1. The van der Waals surface area contributed by atoms with Gasteiger partial charge in [-0.1, -0.05) is 44.2 Å². The van der Waals surface area contributed by atoms with E-state index in [1.807, 2.05) is 26.8 Å². The van der Waals surface area contributed by atoms with E-state index in [0.29, 0.717) is 12.5 Å². The Hall–Kier alpha value is -1.59. The molecule has 5 nitrogen and oxygen atoms in total. The zero-order valence-electron chi connectivity index (χ0n) is 15.8. The average molecular weight is 348 g/mol. The van der Waals surface area contributed by atoms with Crippen molar-refractivity contribution in [2.75, 3.05) is 26.2 Å². The lowest BCUT2D eigenvalue weighted by atomic mass is 9.89. The van der Waals surface area contributed by atoms with Crippen molar-refractivity contribution >= 4 is 6.03 Å². The Morgan fingerprint density at radius 2 is 1.92 bits per heavy atom. The van der Waals surface area contributed by atoms with Gasteiger partial charge in [-0.25, -0.2) is 4.79 Å². The molecule has 0 aromatic heterocycles. The van der Waals surface area contributed by atoms with Crippen LogP contribution in [0.25, 0.3) is 0 Å². The highest BCUT2D eigenvalue weighted by molar-refractivity contribution is 5.74. The molecule has 3 N–H and O–H groups in total. The number of nitrogens with one attached hydrogen (secondary N) is 2. The molecule has 1 atom stereocenters. The fourth-order valence-electron chi connectivity index (χ4n) is 3.10. The number of carbonyl (C=O) groups excluding carboxylic acids is 1. The van der Waals surface area contributed by atoms with Gasteiger partial charge < -0.3 is 15.7 Å². The summed E-state index contributed by atoms with van der Waals surface area (Å²) in [4.78, 5) is 14.6. The van der Waals surface area contributed by atoms with Gasteiger partial charge in [-0.2, -0.15) is 0 Å². The number of aliphatic hydroxyl groups is 1. The molecule has 1 aliphatic heterocycles. The molecule has 5 heteroatoms. The summed E-state index contributed by atoms with van der Waals surface area (Å²) in [6.45, 7) is 9.66. The lowest BCUT2D eigenvalue weighted by Gasteiger charge is -2.34. The number of benzene rings is 1. The number of nitrogens with zero attached hydrogens (tertiary/aromatic N) is 1. The first-order valence-corrected chi connectivity index (χ1v) is 9.36. The van der Waals surface area contributed by atoms with E-state index in [0.717, 1.165) is 32.5 Å². The first kappa shape index (κ1) is 19.7. The topological polar surface area (TPSA) is 64.6 Å². The number of likely N-dealkylation sites (tertiary alicyclic amines) is 1. The van der Waals surface area contributed by atoms with Crippen molar-refractivity contribution in [3.05, 3.63) is 35.9 Å². The highest BCUT2D eigenvalue weighted by Gasteiger charge is 2.29. The molecule has 25 heavy (non-hydrogen) atoms. The highest BCUT2D eigenvalue weighted by Crippen LogP contribution is 2.19. The van der Waals surface area contributed by atoms with E-state index in [4.69, 9.17) is 0 Å². The minimum atomic E-state index is -0.580. The van der Waals surface area contributed by atoms with E-state index in [2.05, 4.69) is 39.8 Å². The quantitative estimate of drug-likeness (QED) is 0.710. The van der Waals surface area contributed by atoms with Crippen molar-refractivity contribution in [1.82, 2.24) is 15.5 Å². The van der Waals surface area contributed by atoms with Crippen molar-refractivity contribution < 1.29 is 9.90 Å². The number of carbonyl (C=O) groups is 1. The molecule has 0 aliphatic carbocycles. The molecule has 2 amide bonds. The Bertz CT molecular complexity index is 527. The lowest BCUT2D eigenvalue weighted by molar-refractivity contribution is 0.134. The fraction of sp³-hybridized carbons (Fsp3) is 0.650. The van der Waals surface area contributed by atoms with Crippen LogP contribution in [0.1, 0.15) is 39.2 Å². The normalized spacial score (nSPS) is 18.8. The second-order valence-electron chi connectivity index (χ2n) is 7.77. The predicted octanol–water partition coefficient (Wildman–Crippen LogP) is 2.60. The summed E-state index contributed by atoms with van der Waals surface area (Å²) in [5.41, 5.74) is 0.777. The lowest BCUT2D eigenvalue weighted by Crippen LogP contribution is -2.56. The summed E-state index contributed by atoms with van der Waals surface area (Å²) in [7, 11) is 0. The Morgan fingerprint density at radius 3 is 2.48 bits per heavy atom. The van der Waals surface area contributed by atoms with Gasteiger partial charge in [0.25, 0.3) is 0 Å². The van der Waals surface area contributed by atoms with Crippen LogP contribution >= 0.6 is 0 Å². The molecule has 1 aromatic rings. The van der Waals surface area contributed by atoms with Gasteiger partial charge in [0, 0.05) is 13.1 Å². The Balaban J connectivity index is 1.69. The molecule has 1 heterocycles. The van der Waals surface area contributed by atoms with Crippen LogP contribution in [0, 0.1) is 11.8 Å². The maximum Gasteiger partial charge on any atom is 0.315 e. The summed E-state index contributed by atoms with van der Waals surface area (Å²) < 4.78 is 0. The number of urea groups is 1. The number of piperidine rings is 1. The molecule has 140 valence electrons. The molecule has 0 spiro atoms. The Morgan fingerprint density at radius 1 is 1.28 bits per heavy atom. The van der Waals surface area contributed by atoms with Crippen molar-refractivity contribution in [3.8, 4) is 0 Å².